The van der Waals surface area contributed by atoms with Crippen LogP contribution in [0.4, 0.5) is 0 Å². The van der Waals surface area contributed by atoms with Gasteiger partial charge in [-0.15, -0.1) is 0 Å². The molecule has 0 radical (unpaired) electrons. The SMILES string of the molecule is CCCn1nc2ccccc2c1[P+](C)(c1ccccc1)N(CC)CC. The molecule has 1 unspecified atom stereocenters. The van der Waals surface area contributed by atoms with Crippen molar-refractivity contribution < 1.29 is 0 Å². The number of rotatable bonds is 7. The van der Waals surface area contributed by atoms with E-state index < -0.39 is 7.41 Å². The Bertz CT molecular complexity index is 824. The molecule has 0 bridgehead atoms. The van der Waals surface area contributed by atoms with Gasteiger partial charge in [0.25, 0.3) is 0 Å². The lowest BCUT2D eigenvalue weighted by Crippen LogP contribution is -2.40. The van der Waals surface area contributed by atoms with E-state index in [1.807, 2.05) is 0 Å². The first kappa shape index (κ1) is 18.1. The van der Waals surface area contributed by atoms with E-state index in [0.29, 0.717) is 0 Å². The zero-order chi connectivity index (χ0) is 17.9. The summed E-state index contributed by atoms with van der Waals surface area (Å²) in [5.74, 6) is 0. The Morgan fingerprint density at radius 3 is 2.20 bits per heavy atom. The van der Waals surface area contributed by atoms with E-state index in [-0.39, 0.29) is 0 Å². The lowest BCUT2D eigenvalue weighted by atomic mass is 10.3. The van der Waals surface area contributed by atoms with Crippen molar-refractivity contribution in [2.24, 2.45) is 0 Å². The van der Waals surface area contributed by atoms with E-state index in [0.717, 1.165) is 31.6 Å². The summed E-state index contributed by atoms with van der Waals surface area (Å²) in [5, 5.41) is 7.70. The molecule has 3 aromatic rings. The molecular weight excluding hydrogens is 325 g/mol. The summed E-state index contributed by atoms with van der Waals surface area (Å²) in [6, 6.07) is 19.6. The number of aromatic nitrogens is 2. The molecule has 2 aromatic carbocycles. The molecule has 25 heavy (non-hydrogen) atoms. The van der Waals surface area contributed by atoms with Crippen molar-refractivity contribution in [3.8, 4) is 0 Å². The molecule has 3 rings (SSSR count). The van der Waals surface area contributed by atoms with Gasteiger partial charge in [0.15, 0.2) is 7.41 Å². The van der Waals surface area contributed by atoms with E-state index in [4.69, 9.17) is 5.10 Å². The Morgan fingerprint density at radius 2 is 1.56 bits per heavy atom. The van der Waals surface area contributed by atoms with Crippen LogP contribution in [0.1, 0.15) is 27.2 Å². The molecule has 0 aliphatic rings. The summed E-state index contributed by atoms with van der Waals surface area (Å²) in [6.45, 7) is 12.3. The Kier molecular flexibility index (Phi) is 5.56. The summed E-state index contributed by atoms with van der Waals surface area (Å²) in [7, 11) is -1.72. The number of benzene rings is 2. The lowest BCUT2D eigenvalue weighted by Gasteiger charge is -2.32. The summed E-state index contributed by atoms with van der Waals surface area (Å²) < 4.78 is 4.93. The normalized spacial score (nSPS) is 14.1. The summed E-state index contributed by atoms with van der Waals surface area (Å²) in [6.07, 6.45) is 1.09. The maximum atomic E-state index is 4.96. The highest BCUT2D eigenvalue weighted by Gasteiger charge is 2.47. The first-order valence-corrected chi connectivity index (χ1v) is 11.5. The van der Waals surface area contributed by atoms with Gasteiger partial charge in [-0.1, -0.05) is 37.3 Å². The lowest BCUT2D eigenvalue weighted by molar-refractivity contribution is 0.504. The van der Waals surface area contributed by atoms with E-state index in [1.165, 1.54) is 16.1 Å². The van der Waals surface area contributed by atoms with E-state index in [1.54, 1.807) is 0 Å². The van der Waals surface area contributed by atoms with Crippen LogP contribution in [-0.2, 0) is 6.54 Å². The molecule has 4 heteroatoms. The standard InChI is InChI=1S/C21H29N3P/c1-5-17-24-21(19-15-11-12-16-20(19)22-24)25(4,23(6-2)7-3)18-13-9-8-10-14-18/h8-16H,5-7,17H2,1-4H3/q+1. The zero-order valence-electron chi connectivity index (χ0n) is 15.8. The van der Waals surface area contributed by atoms with Crippen LogP contribution in [-0.4, -0.2) is 34.2 Å². The van der Waals surface area contributed by atoms with Crippen LogP contribution in [0.5, 0.6) is 0 Å². The van der Waals surface area contributed by atoms with Crippen molar-refractivity contribution >= 4 is 29.1 Å². The molecule has 0 spiro atoms. The predicted octanol–water partition coefficient (Wildman–Crippen LogP) is 4.30. The van der Waals surface area contributed by atoms with Crippen LogP contribution in [0.2, 0.25) is 0 Å². The van der Waals surface area contributed by atoms with Crippen molar-refractivity contribution in [2.75, 3.05) is 19.8 Å². The van der Waals surface area contributed by atoms with Crippen molar-refractivity contribution in [1.29, 1.82) is 0 Å². The molecule has 1 atom stereocenters. The number of fused-ring (bicyclic) bond motifs is 1. The van der Waals surface area contributed by atoms with E-state index >= 15 is 0 Å². The highest BCUT2D eigenvalue weighted by atomic mass is 31.2. The molecule has 0 aliphatic carbocycles. The Morgan fingerprint density at radius 1 is 0.920 bits per heavy atom. The summed E-state index contributed by atoms with van der Waals surface area (Å²) in [4.78, 5) is 0. The second-order valence-corrected chi connectivity index (χ2v) is 9.92. The average molecular weight is 354 g/mol. The third-order valence-corrected chi connectivity index (χ3v) is 9.32. The van der Waals surface area contributed by atoms with E-state index in [9.17, 15) is 0 Å². The molecule has 0 saturated carbocycles. The average Bonchev–Trinajstić information content (AvgIpc) is 3.02. The third-order valence-electron chi connectivity index (χ3n) is 5.02. The van der Waals surface area contributed by atoms with Gasteiger partial charge in [-0.25, -0.2) is 4.68 Å². The van der Waals surface area contributed by atoms with Gasteiger partial charge >= 0.3 is 0 Å². The second-order valence-electron chi connectivity index (χ2n) is 6.50. The monoisotopic (exact) mass is 354 g/mol. The molecule has 3 nitrogen and oxygen atoms in total. The van der Waals surface area contributed by atoms with Crippen LogP contribution in [0.3, 0.4) is 0 Å². The molecule has 0 amide bonds. The van der Waals surface area contributed by atoms with Crippen molar-refractivity contribution in [1.82, 2.24) is 14.5 Å². The van der Waals surface area contributed by atoms with Crippen LogP contribution in [0.25, 0.3) is 10.9 Å². The topological polar surface area (TPSA) is 21.1 Å². The maximum absolute atomic E-state index is 4.96. The minimum absolute atomic E-state index is 0.966. The highest BCUT2D eigenvalue weighted by Crippen LogP contribution is 2.57. The van der Waals surface area contributed by atoms with Crippen LogP contribution in [0, 0.1) is 0 Å². The number of hydrogen-bond donors (Lipinski definition) is 0. The number of aryl methyl sites for hydroxylation is 1. The molecule has 1 heterocycles. The van der Waals surface area contributed by atoms with Crippen LogP contribution >= 0.6 is 7.41 Å². The molecule has 0 fully saturated rings. The first-order chi connectivity index (χ1) is 12.2. The maximum Gasteiger partial charge on any atom is 0.211 e. The van der Waals surface area contributed by atoms with Gasteiger partial charge in [0.1, 0.15) is 5.30 Å². The van der Waals surface area contributed by atoms with Crippen molar-refractivity contribution in [3.05, 3.63) is 54.6 Å². The molecule has 0 N–H and O–H groups in total. The number of hydrogen-bond acceptors (Lipinski definition) is 2. The summed E-state index contributed by atoms with van der Waals surface area (Å²) >= 11 is 0. The minimum atomic E-state index is -1.72. The van der Waals surface area contributed by atoms with Gasteiger partial charge in [0.05, 0.1) is 17.6 Å². The minimum Gasteiger partial charge on any atom is -0.231 e. The van der Waals surface area contributed by atoms with Gasteiger partial charge in [0.2, 0.25) is 5.44 Å². The zero-order valence-corrected chi connectivity index (χ0v) is 16.7. The van der Waals surface area contributed by atoms with Crippen LogP contribution < -0.4 is 10.7 Å². The Labute approximate surface area is 152 Å². The fourth-order valence-corrected chi connectivity index (χ4v) is 7.80. The fourth-order valence-electron chi connectivity index (χ4n) is 3.82. The van der Waals surface area contributed by atoms with Crippen molar-refractivity contribution in [3.63, 3.8) is 0 Å². The molecular formula is C21H29N3P+. The molecule has 132 valence electrons. The molecule has 1 aromatic heterocycles. The first-order valence-electron chi connectivity index (χ1n) is 9.30. The number of nitrogens with zero attached hydrogens (tertiary/aromatic N) is 3. The third kappa shape index (κ3) is 3.12. The largest absolute Gasteiger partial charge is 0.231 e. The molecule has 0 aliphatic heterocycles. The second kappa shape index (κ2) is 7.68. The van der Waals surface area contributed by atoms with Crippen LogP contribution in [0.15, 0.2) is 54.6 Å². The Balaban J connectivity index is 2.34. The van der Waals surface area contributed by atoms with E-state index in [2.05, 4.69) is 91.4 Å². The van der Waals surface area contributed by atoms with Gasteiger partial charge in [0, 0.05) is 19.6 Å². The highest BCUT2D eigenvalue weighted by molar-refractivity contribution is 7.87. The smallest absolute Gasteiger partial charge is 0.211 e. The van der Waals surface area contributed by atoms with Gasteiger partial charge < -0.3 is 0 Å². The fraction of sp³-hybridized carbons (Fsp3) is 0.381. The Hall–Kier alpha value is -1.70. The van der Waals surface area contributed by atoms with Gasteiger partial charge in [-0.05, 0) is 44.5 Å². The van der Waals surface area contributed by atoms with Crippen molar-refractivity contribution in [2.45, 2.75) is 33.7 Å². The summed E-state index contributed by atoms with van der Waals surface area (Å²) in [5.41, 5.74) is 2.53. The quantitative estimate of drug-likeness (QED) is 0.590. The molecule has 0 saturated heterocycles. The predicted molar refractivity (Wildman–Crippen MR) is 111 cm³/mol. The van der Waals surface area contributed by atoms with Gasteiger partial charge in [-0.3, -0.25) is 0 Å². The van der Waals surface area contributed by atoms with Gasteiger partial charge in [-0.2, -0.15) is 9.77 Å².